The zero-order valence-electron chi connectivity index (χ0n) is 8.87. The van der Waals surface area contributed by atoms with Gasteiger partial charge < -0.3 is 5.32 Å². The summed E-state index contributed by atoms with van der Waals surface area (Å²) in [5.74, 6) is 0.401. The maximum Gasteiger partial charge on any atom is 0.221 e. The van der Waals surface area contributed by atoms with Crippen LogP contribution >= 0.6 is 11.6 Å². The Hall–Kier alpha value is -1.02. The Morgan fingerprint density at radius 1 is 1.40 bits per heavy atom. The average Bonchev–Trinajstić information content (AvgIpc) is 2.19. The van der Waals surface area contributed by atoms with Crippen molar-refractivity contribution in [3.63, 3.8) is 0 Å². The second kappa shape index (κ2) is 6.46. The van der Waals surface area contributed by atoms with E-state index < -0.39 is 0 Å². The van der Waals surface area contributed by atoms with Crippen LogP contribution in [0, 0.1) is 0 Å². The van der Waals surface area contributed by atoms with Crippen molar-refractivity contribution in [2.24, 2.45) is 0 Å². The van der Waals surface area contributed by atoms with Gasteiger partial charge in [0.15, 0.2) is 0 Å². The van der Waals surface area contributed by atoms with Gasteiger partial charge in [0.1, 0.15) is 0 Å². The molecule has 0 saturated carbocycles. The molecule has 1 atom stereocenters. The number of halogens is 1. The molecule has 0 saturated heterocycles. The van der Waals surface area contributed by atoms with Gasteiger partial charge in [0.2, 0.25) is 5.91 Å². The first-order valence-electron chi connectivity index (χ1n) is 5.11. The summed E-state index contributed by atoms with van der Waals surface area (Å²) >= 11 is 5.48. The summed E-state index contributed by atoms with van der Waals surface area (Å²) in [7, 11) is 0. The Balaban J connectivity index is 2.36. The quantitative estimate of drug-likeness (QED) is 0.766. The first-order chi connectivity index (χ1) is 7.22. The van der Waals surface area contributed by atoms with Gasteiger partial charge in [-0.1, -0.05) is 30.3 Å². The number of carbonyl (C=O) groups is 1. The molecule has 0 heterocycles. The average molecular weight is 226 g/mol. The number of rotatable bonds is 5. The molecule has 0 spiro atoms. The molecule has 0 unspecified atom stereocenters. The van der Waals surface area contributed by atoms with Crippen LogP contribution in [0.1, 0.15) is 18.9 Å². The number of benzene rings is 1. The predicted octanol–water partition coefficient (Wildman–Crippen LogP) is 2.36. The highest BCUT2D eigenvalue weighted by Crippen LogP contribution is 2.02. The molecular weight excluding hydrogens is 210 g/mol. The lowest BCUT2D eigenvalue weighted by atomic mass is 10.1. The topological polar surface area (TPSA) is 29.1 Å². The van der Waals surface area contributed by atoms with E-state index >= 15 is 0 Å². The molecule has 2 nitrogen and oxygen atoms in total. The Morgan fingerprint density at radius 3 is 2.67 bits per heavy atom. The number of hydrogen-bond donors (Lipinski definition) is 1. The first-order valence-corrected chi connectivity index (χ1v) is 5.65. The summed E-state index contributed by atoms with van der Waals surface area (Å²) in [4.78, 5) is 11.2. The van der Waals surface area contributed by atoms with Crippen molar-refractivity contribution >= 4 is 17.5 Å². The highest BCUT2D eigenvalue weighted by Gasteiger charge is 2.06. The number of nitrogens with one attached hydrogen (secondary N) is 1. The molecule has 1 aromatic rings. The molecule has 1 amide bonds. The van der Waals surface area contributed by atoms with Crippen LogP contribution in [-0.4, -0.2) is 17.8 Å². The minimum Gasteiger partial charge on any atom is -0.353 e. The third-order valence-electron chi connectivity index (χ3n) is 2.11. The fourth-order valence-corrected chi connectivity index (χ4v) is 1.62. The van der Waals surface area contributed by atoms with Crippen molar-refractivity contribution in [2.75, 3.05) is 5.88 Å². The molecule has 0 bridgehead atoms. The molecule has 82 valence electrons. The van der Waals surface area contributed by atoms with Crippen molar-refractivity contribution in [1.82, 2.24) is 5.32 Å². The Labute approximate surface area is 95.6 Å². The van der Waals surface area contributed by atoms with Gasteiger partial charge in [-0.2, -0.15) is 0 Å². The molecule has 0 aliphatic rings. The molecule has 15 heavy (non-hydrogen) atoms. The zero-order chi connectivity index (χ0) is 11.1. The van der Waals surface area contributed by atoms with E-state index in [0.29, 0.717) is 12.3 Å². The summed E-state index contributed by atoms with van der Waals surface area (Å²) in [6.45, 7) is 2.00. The number of alkyl halides is 1. The van der Waals surface area contributed by atoms with Gasteiger partial charge in [-0.05, 0) is 18.9 Å². The van der Waals surface area contributed by atoms with Crippen LogP contribution in [0.15, 0.2) is 30.3 Å². The summed E-state index contributed by atoms with van der Waals surface area (Å²) in [5, 5.41) is 2.91. The van der Waals surface area contributed by atoms with Crippen LogP contribution in [0.5, 0.6) is 0 Å². The van der Waals surface area contributed by atoms with Gasteiger partial charge in [0.05, 0.1) is 0 Å². The molecule has 0 fully saturated rings. The van der Waals surface area contributed by atoms with Crippen LogP contribution in [-0.2, 0) is 11.2 Å². The van der Waals surface area contributed by atoms with Crippen LogP contribution in [0.25, 0.3) is 0 Å². The van der Waals surface area contributed by atoms with Crippen molar-refractivity contribution in [2.45, 2.75) is 25.8 Å². The minimum atomic E-state index is 0.0217. The molecule has 0 aliphatic heterocycles. The number of hydrogen-bond acceptors (Lipinski definition) is 1. The second-order valence-electron chi connectivity index (χ2n) is 3.60. The molecule has 1 rings (SSSR count). The number of carbonyl (C=O) groups excluding carboxylic acids is 1. The van der Waals surface area contributed by atoms with Gasteiger partial charge in [0.25, 0.3) is 0 Å². The van der Waals surface area contributed by atoms with Crippen LogP contribution in [0.3, 0.4) is 0 Å². The van der Waals surface area contributed by atoms with Crippen LogP contribution in [0.4, 0.5) is 0 Å². The van der Waals surface area contributed by atoms with Gasteiger partial charge >= 0.3 is 0 Å². The van der Waals surface area contributed by atoms with E-state index in [2.05, 4.69) is 17.4 Å². The fraction of sp³-hybridized carbons (Fsp3) is 0.417. The molecule has 1 N–H and O–H groups in total. The highest BCUT2D eigenvalue weighted by molar-refractivity contribution is 6.18. The lowest BCUT2D eigenvalue weighted by Crippen LogP contribution is -2.34. The second-order valence-corrected chi connectivity index (χ2v) is 3.98. The molecule has 1 aromatic carbocycles. The van der Waals surface area contributed by atoms with Gasteiger partial charge in [-0.3, -0.25) is 4.79 Å². The molecule has 0 radical (unpaired) electrons. The van der Waals surface area contributed by atoms with E-state index in [1.165, 1.54) is 5.56 Å². The lowest BCUT2D eigenvalue weighted by Gasteiger charge is -2.13. The largest absolute Gasteiger partial charge is 0.353 e. The maximum atomic E-state index is 11.2. The Bertz CT molecular complexity index is 300. The number of amides is 1. The minimum absolute atomic E-state index is 0.0217. The Kier molecular flexibility index (Phi) is 5.19. The van der Waals surface area contributed by atoms with Crippen LogP contribution in [0.2, 0.25) is 0 Å². The summed E-state index contributed by atoms with van der Waals surface area (Å²) in [6, 6.07) is 10.3. The van der Waals surface area contributed by atoms with Gasteiger partial charge in [-0.25, -0.2) is 0 Å². The maximum absolute atomic E-state index is 11.2. The van der Waals surface area contributed by atoms with Crippen molar-refractivity contribution < 1.29 is 4.79 Å². The summed E-state index contributed by atoms with van der Waals surface area (Å²) in [6.07, 6.45) is 1.25. The van der Waals surface area contributed by atoms with E-state index in [9.17, 15) is 4.79 Å². The predicted molar refractivity (Wildman–Crippen MR) is 63.1 cm³/mol. The third-order valence-corrected chi connectivity index (χ3v) is 2.30. The van der Waals surface area contributed by atoms with E-state index in [-0.39, 0.29) is 11.9 Å². The molecule has 0 aromatic heterocycles. The normalized spacial score (nSPS) is 12.1. The fourth-order valence-electron chi connectivity index (χ4n) is 1.45. The van der Waals surface area contributed by atoms with Crippen molar-refractivity contribution in [3.05, 3.63) is 35.9 Å². The first kappa shape index (κ1) is 12.1. The van der Waals surface area contributed by atoms with E-state index in [1.807, 2.05) is 25.1 Å². The molecule has 3 heteroatoms. The molecule has 0 aliphatic carbocycles. The van der Waals surface area contributed by atoms with E-state index in [4.69, 9.17) is 11.6 Å². The lowest BCUT2D eigenvalue weighted by molar-refractivity contribution is -0.121. The Morgan fingerprint density at radius 2 is 2.07 bits per heavy atom. The van der Waals surface area contributed by atoms with Crippen molar-refractivity contribution in [3.8, 4) is 0 Å². The van der Waals surface area contributed by atoms with E-state index in [0.717, 1.165) is 6.42 Å². The monoisotopic (exact) mass is 225 g/mol. The zero-order valence-corrected chi connectivity index (χ0v) is 9.63. The van der Waals surface area contributed by atoms with Crippen molar-refractivity contribution in [1.29, 1.82) is 0 Å². The smallest absolute Gasteiger partial charge is 0.221 e. The summed E-state index contributed by atoms with van der Waals surface area (Å²) < 4.78 is 0. The van der Waals surface area contributed by atoms with E-state index in [1.54, 1.807) is 0 Å². The van der Waals surface area contributed by atoms with Gasteiger partial charge in [0, 0.05) is 18.3 Å². The van der Waals surface area contributed by atoms with Crippen LogP contribution < -0.4 is 5.32 Å². The summed E-state index contributed by atoms with van der Waals surface area (Å²) in [5.41, 5.74) is 1.23. The SMILES string of the molecule is C[C@@H](Cc1ccccc1)NC(=O)CCCl. The highest BCUT2D eigenvalue weighted by atomic mass is 35.5. The third kappa shape index (κ3) is 4.84. The standard InChI is InChI=1S/C12H16ClNO/c1-10(14-12(15)7-8-13)9-11-5-3-2-4-6-11/h2-6,10H,7-9H2,1H3,(H,14,15)/t10-/m0/s1. The van der Waals surface area contributed by atoms with Gasteiger partial charge in [-0.15, -0.1) is 11.6 Å². The molecular formula is C12H16ClNO.